The number of alkyl halides is 3. The van der Waals surface area contributed by atoms with Gasteiger partial charge < -0.3 is 10.1 Å². The van der Waals surface area contributed by atoms with Crippen LogP contribution in [-0.2, 0) is 12.6 Å². The predicted octanol–water partition coefficient (Wildman–Crippen LogP) is 3.71. The van der Waals surface area contributed by atoms with E-state index in [4.69, 9.17) is 4.74 Å². The van der Waals surface area contributed by atoms with Gasteiger partial charge in [-0.3, -0.25) is 9.78 Å². The van der Waals surface area contributed by atoms with E-state index in [1.54, 1.807) is 30.5 Å². The minimum atomic E-state index is -4.53. The van der Waals surface area contributed by atoms with Crippen LogP contribution >= 0.6 is 0 Å². The van der Waals surface area contributed by atoms with Crippen LogP contribution in [0.15, 0.2) is 48.8 Å². The fraction of sp³-hybridized carbons (Fsp3) is 0.250. The maximum atomic E-state index is 12.9. The molecule has 2 heterocycles. The third kappa shape index (κ3) is 3.67. The maximum Gasteiger partial charge on any atom is 0.433 e. The zero-order valence-corrected chi connectivity index (χ0v) is 15.4. The van der Waals surface area contributed by atoms with E-state index in [9.17, 15) is 18.0 Å². The van der Waals surface area contributed by atoms with Gasteiger partial charge in [0.15, 0.2) is 0 Å². The second-order valence-corrected chi connectivity index (χ2v) is 6.64. The summed E-state index contributed by atoms with van der Waals surface area (Å²) in [5, 5.41) is 7.36. The number of carbonyl (C=O) groups is 1. The Morgan fingerprint density at radius 1 is 1.28 bits per heavy atom. The first-order valence-electron chi connectivity index (χ1n) is 8.93. The number of carbonyl (C=O) groups excluding carboxylic acids is 1. The lowest BCUT2D eigenvalue weighted by molar-refractivity contribution is -0.141. The number of nitrogens with zero attached hydrogens (tertiary/aromatic N) is 3. The number of benzene rings is 1. The second kappa shape index (κ2) is 7.23. The largest absolute Gasteiger partial charge is 0.496 e. The molecular formula is C20H17F3N4O2. The van der Waals surface area contributed by atoms with Crippen LogP contribution in [0.25, 0.3) is 5.69 Å². The van der Waals surface area contributed by atoms with Gasteiger partial charge in [0.2, 0.25) is 0 Å². The van der Waals surface area contributed by atoms with Gasteiger partial charge >= 0.3 is 6.18 Å². The van der Waals surface area contributed by atoms with Crippen LogP contribution in [0.3, 0.4) is 0 Å². The molecule has 1 N–H and O–H groups in total. The van der Waals surface area contributed by atoms with E-state index in [0.717, 1.165) is 23.5 Å². The van der Waals surface area contributed by atoms with Crippen LogP contribution in [0.5, 0.6) is 5.75 Å². The summed E-state index contributed by atoms with van der Waals surface area (Å²) in [5.41, 5.74) is 1.24. The summed E-state index contributed by atoms with van der Waals surface area (Å²) in [6.07, 6.45) is -0.478. The van der Waals surface area contributed by atoms with Gasteiger partial charge in [-0.1, -0.05) is 12.1 Å². The second-order valence-electron chi connectivity index (χ2n) is 6.64. The summed E-state index contributed by atoms with van der Waals surface area (Å²) in [6.45, 7) is 0. The van der Waals surface area contributed by atoms with Crippen molar-refractivity contribution in [1.29, 1.82) is 0 Å². The number of halogens is 3. The lowest BCUT2D eigenvalue weighted by Gasteiger charge is -2.14. The Morgan fingerprint density at radius 2 is 2.07 bits per heavy atom. The van der Waals surface area contributed by atoms with Gasteiger partial charge in [-0.15, -0.1) is 0 Å². The third-order valence-electron chi connectivity index (χ3n) is 4.82. The Morgan fingerprint density at radius 3 is 2.83 bits per heavy atom. The number of pyridine rings is 1. The van der Waals surface area contributed by atoms with E-state index in [1.165, 1.54) is 17.9 Å². The molecule has 3 aromatic rings. The number of methoxy groups -OCH3 is 1. The van der Waals surface area contributed by atoms with Gasteiger partial charge in [0.1, 0.15) is 11.4 Å². The predicted molar refractivity (Wildman–Crippen MR) is 97.9 cm³/mol. The van der Waals surface area contributed by atoms with Gasteiger partial charge in [0.05, 0.1) is 30.1 Å². The standard InChI is InChI=1S/C20H17F3N4O2/c1-29-17-5-3-2-4-13(17)19(28)25-15-6-7-16-14(15)11-27(26-16)12-8-9-24-18(10-12)20(21,22)23/h2-5,8-11,15H,6-7H2,1H3,(H,25,28). The van der Waals surface area contributed by atoms with Crippen molar-refractivity contribution in [3.05, 3.63) is 71.3 Å². The lowest BCUT2D eigenvalue weighted by Crippen LogP contribution is -2.27. The Bertz CT molecular complexity index is 1060. The van der Waals surface area contributed by atoms with E-state index in [0.29, 0.717) is 24.2 Å². The minimum Gasteiger partial charge on any atom is -0.496 e. The maximum absolute atomic E-state index is 12.9. The van der Waals surface area contributed by atoms with Gasteiger partial charge in [0, 0.05) is 18.0 Å². The molecule has 0 fully saturated rings. The number of ether oxygens (including phenoxy) is 1. The van der Waals surface area contributed by atoms with Crippen molar-refractivity contribution >= 4 is 5.91 Å². The fourth-order valence-electron chi connectivity index (χ4n) is 3.41. The third-order valence-corrected chi connectivity index (χ3v) is 4.82. The van der Waals surface area contributed by atoms with Gasteiger partial charge in [-0.2, -0.15) is 18.3 Å². The molecule has 1 atom stereocenters. The molecule has 1 aliphatic carbocycles. The van der Waals surface area contributed by atoms with Crippen molar-refractivity contribution in [1.82, 2.24) is 20.1 Å². The van der Waals surface area contributed by atoms with Crippen molar-refractivity contribution in [3.8, 4) is 11.4 Å². The summed E-state index contributed by atoms with van der Waals surface area (Å²) >= 11 is 0. The molecule has 0 spiro atoms. The van der Waals surface area contributed by atoms with Gasteiger partial charge in [-0.25, -0.2) is 4.68 Å². The summed E-state index contributed by atoms with van der Waals surface area (Å²) in [4.78, 5) is 16.0. The molecule has 0 saturated heterocycles. The molecule has 150 valence electrons. The number of para-hydroxylation sites is 1. The summed E-state index contributed by atoms with van der Waals surface area (Å²) in [7, 11) is 1.49. The van der Waals surface area contributed by atoms with Crippen molar-refractivity contribution in [2.75, 3.05) is 7.11 Å². The summed E-state index contributed by atoms with van der Waals surface area (Å²) in [6, 6.07) is 9.02. The van der Waals surface area contributed by atoms with Crippen LogP contribution in [0.2, 0.25) is 0 Å². The van der Waals surface area contributed by atoms with Crippen molar-refractivity contribution < 1.29 is 22.7 Å². The quantitative estimate of drug-likeness (QED) is 0.722. The first-order valence-corrected chi connectivity index (χ1v) is 8.93. The number of hydrogen-bond donors (Lipinski definition) is 1. The molecular weight excluding hydrogens is 385 g/mol. The van der Waals surface area contributed by atoms with Crippen LogP contribution < -0.4 is 10.1 Å². The average Bonchev–Trinajstić information content (AvgIpc) is 3.29. The number of nitrogens with one attached hydrogen (secondary N) is 1. The topological polar surface area (TPSA) is 69.0 Å². The monoisotopic (exact) mass is 402 g/mol. The lowest BCUT2D eigenvalue weighted by atomic mass is 10.1. The smallest absolute Gasteiger partial charge is 0.433 e. The Balaban J connectivity index is 1.58. The van der Waals surface area contributed by atoms with Crippen molar-refractivity contribution in [3.63, 3.8) is 0 Å². The highest BCUT2D eigenvalue weighted by atomic mass is 19.4. The molecule has 4 rings (SSSR count). The zero-order chi connectivity index (χ0) is 20.6. The number of hydrogen-bond acceptors (Lipinski definition) is 4. The molecule has 1 aliphatic rings. The Kier molecular flexibility index (Phi) is 4.73. The molecule has 0 aliphatic heterocycles. The van der Waals surface area contributed by atoms with E-state index >= 15 is 0 Å². The molecule has 1 aromatic carbocycles. The molecule has 0 radical (unpaired) electrons. The van der Waals surface area contributed by atoms with Crippen molar-refractivity contribution in [2.45, 2.75) is 25.1 Å². The molecule has 2 aromatic heterocycles. The first-order chi connectivity index (χ1) is 13.9. The van der Waals surface area contributed by atoms with Gasteiger partial charge in [-0.05, 0) is 37.1 Å². The summed E-state index contributed by atoms with van der Waals surface area (Å²) < 4.78 is 45.4. The molecule has 0 saturated carbocycles. The fourth-order valence-corrected chi connectivity index (χ4v) is 3.41. The Labute approximate surface area is 164 Å². The molecule has 1 amide bonds. The van der Waals surface area contributed by atoms with Crippen LogP contribution in [-0.4, -0.2) is 27.8 Å². The Hall–Kier alpha value is -3.36. The molecule has 0 bridgehead atoms. The average molecular weight is 402 g/mol. The molecule has 1 unspecified atom stereocenters. The highest BCUT2D eigenvalue weighted by Crippen LogP contribution is 2.33. The van der Waals surface area contributed by atoms with Crippen LogP contribution in [0, 0.1) is 0 Å². The minimum absolute atomic E-state index is 0.261. The van der Waals surface area contributed by atoms with Gasteiger partial charge in [0.25, 0.3) is 5.91 Å². The first kappa shape index (κ1) is 19.0. The van der Waals surface area contributed by atoms with E-state index in [-0.39, 0.29) is 17.6 Å². The number of fused-ring (bicyclic) bond motifs is 1. The normalized spacial score (nSPS) is 15.8. The zero-order valence-electron chi connectivity index (χ0n) is 15.4. The number of rotatable bonds is 4. The van der Waals surface area contributed by atoms with Crippen molar-refractivity contribution in [2.24, 2.45) is 0 Å². The number of aryl methyl sites for hydroxylation is 1. The number of amides is 1. The van der Waals surface area contributed by atoms with Crippen LogP contribution in [0.1, 0.15) is 39.8 Å². The van der Waals surface area contributed by atoms with E-state index < -0.39 is 11.9 Å². The molecule has 6 nitrogen and oxygen atoms in total. The van der Waals surface area contributed by atoms with E-state index in [1.807, 2.05) is 0 Å². The SMILES string of the molecule is COc1ccccc1C(=O)NC1CCc2nn(-c3ccnc(C(F)(F)F)c3)cc21. The molecule has 29 heavy (non-hydrogen) atoms. The summed E-state index contributed by atoms with van der Waals surface area (Å²) in [5.74, 6) is 0.187. The van der Waals surface area contributed by atoms with Crippen LogP contribution in [0.4, 0.5) is 13.2 Å². The highest BCUT2D eigenvalue weighted by molar-refractivity contribution is 5.97. The van der Waals surface area contributed by atoms with E-state index in [2.05, 4.69) is 15.4 Å². The highest BCUT2D eigenvalue weighted by Gasteiger charge is 2.33. The number of aromatic nitrogens is 3. The molecule has 9 heteroatoms.